The molecular formula is C16H13FN2O3. The molecule has 0 bridgehead atoms. The van der Waals surface area contributed by atoms with Gasteiger partial charge in [-0.25, -0.2) is 4.39 Å². The molecule has 0 atom stereocenters. The highest BCUT2D eigenvalue weighted by Gasteiger charge is 2.05. The van der Waals surface area contributed by atoms with E-state index in [-0.39, 0.29) is 18.8 Å². The molecular weight excluding hydrogens is 287 g/mol. The van der Waals surface area contributed by atoms with E-state index in [2.05, 4.69) is 0 Å². The molecule has 112 valence electrons. The number of hydrogen-bond donors (Lipinski definition) is 1. The van der Waals surface area contributed by atoms with E-state index in [0.717, 1.165) is 0 Å². The van der Waals surface area contributed by atoms with Gasteiger partial charge in [-0.3, -0.25) is 4.79 Å². The number of nitrogens with two attached hydrogens (primary N) is 1. The van der Waals surface area contributed by atoms with Gasteiger partial charge < -0.3 is 15.2 Å². The highest BCUT2D eigenvalue weighted by Crippen LogP contribution is 2.19. The largest absolute Gasteiger partial charge is 0.489 e. The summed E-state index contributed by atoms with van der Waals surface area (Å²) in [5.74, 6) is 0.0298. The molecule has 0 fully saturated rings. The smallest absolute Gasteiger partial charge is 0.255 e. The van der Waals surface area contributed by atoms with Crippen molar-refractivity contribution in [3.8, 4) is 17.6 Å². The van der Waals surface area contributed by atoms with E-state index in [1.54, 1.807) is 24.3 Å². The maximum atomic E-state index is 13.0. The van der Waals surface area contributed by atoms with E-state index in [0.29, 0.717) is 17.1 Å². The number of benzene rings is 2. The van der Waals surface area contributed by atoms with Gasteiger partial charge in [0.05, 0.1) is 11.6 Å². The van der Waals surface area contributed by atoms with Crippen molar-refractivity contribution in [2.75, 3.05) is 6.61 Å². The zero-order valence-corrected chi connectivity index (χ0v) is 11.6. The van der Waals surface area contributed by atoms with Gasteiger partial charge in [-0.05, 0) is 36.4 Å². The van der Waals surface area contributed by atoms with Crippen LogP contribution >= 0.6 is 0 Å². The molecule has 2 rings (SSSR count). The van der Waals surface area contributed by atoms with Crippen LogP contribution < -0.4 is 15.2 Å². The van der Waals surface area contributed by atoms with Crippen molar-refractivity contribution in [1.29, 1.82) is 5.26 Å². The minimum Gasteiger partial charge on any atom is -0.489 e. The Kier molecular flexibility index (Phi) is 4.94. The molecule has 0 aliphatic carbocycles. The van der Waals surface area contributed by atoms with Gasteiger partial charge in [0.25, 0.3) is 5.91 Å². The third kappa shape index (κ3) is 4.21. The van der Waals surface area contributed by atoms with Gasteiger partial charge >= 0.3 is 0 Å². The Morgan fingerprint density at radius 1 is 1.14 bits per heavy atom. The number of primary amides is 1. The second-order valence-electron chi connectivity index (χ2n) is 4.43. The third-order valence-corrected chi connectivity index (χ3v) is 2.79. The predicted molar refractivity (Wildman–Crippen MR) is 76.6 cm³/mol. The second-order valence-corrected chi connectivity index (χ2v) is 4.43. The average molecular weight is 300 g/mol. The zero-order valence-electron chi connectivity index (χ0n) is 11.6. The monoisotopic (exact) mass is 300 g/mol. The molecule has 6 heteroatoms. The van der Waals surface area contributed by atoms with Crippen molar-refractivity contribution in [2.45, 2.75) is 6.61 Å². The fourth-order valence-corrected chi connectivity index (χ4v) is 1.73. The first-order valence-electron chi connectivity index (χ1n) is 6.41. The molecule has 1 amide bonds. The molecule has 0 saturated heterocycles. The van der Waals surface area contributed by atoms with Crippen LogP contribution in [0.1, 0.15) is 11.1 Å². The molecule has 2 aromatic rings. The molecule has 0 aliphatic heterocycles. The lowest BCUT2D eigenvalue weighted by molar-refractivity contribution is -0.119. The van der Waals surface area contributed by atoms with E-state index in [1.807, 2.05) is 6.07 Å². The van der Waals surface area contributed by atoms with Gasteiger partial charge in [0.1, 0.15) is 23.9 Å². The summed E-state index contributed by atoms with van der Waals surface area (Å²) in [6, 6.07) is 12.5. The Hall–Kier alpha value is -3.07. The van der Waals surface area contributed by atoms with Crippen LogP contribution in [0.3, 0.4) is 0 Å². The molecule has 0 heterocycles. The van der Waals surface area contributed by atoms with Crippen LogP contribution in [-0.4, -0.2) is 12.5 Å². The van der Waals surface area contributed by atoms with Crippen LogP contribution in [0.4, 0.5) is 4.39 Å². The first-order chi connectivity index (χ1) is 10.6. The van der Waals surface area contributed by atoms with E-state index >= 15 is 0 Å². The lowest BCUT2D eigenvalue weighted by Crippen LogP contribution is -2.19. The fraction of sp³-hybridized carbons (Fsp3) is 0.125. The number of amides is 1. The molecule has 5 nitrogen and oxygen atoms in total. The van der Waals surface area contributed by atoms with Crippen molar-refractivity contribution in [3.05, 3.63) is 59.4 Å². The maximum Gasteiger partial charge on any atom is 0.255 e. The Balaban J connectivity index is 1.97. The first kappa shape index (κ1) is 15.3. The number of halogens is 1. The van der Waals surface area contributed by atoms with Crippen molar-refractivity contribution in [2.24, 2.45) is 5.73 Å². The molecule has 0 radical (unpaired) electrons. The maximum absolute atomic E-state index is 13.0. The number of ether oxygens (including phenoxy) is 2. The van der Waals surface area contributed by atoms with Gasteiger partial charge in [-0.1, -0.05) is 6.07 Å². The van der Waals surface area contributed by atoms with Crippen LogP contribution in [-0.2, 0) is 11.4 Å². The molecule has 22 heavy (non-hydrogen) atoms. The van der Waals surface area contributed by atoms with Crippen LogP contribution in [0, 0.1) is 17.1 Å². The van der Waals surface area contributed by atoms with E-state index in [9.17, 15) is 9.18 Å². The van der Waals surface area contributed by atoms with Crippen molar-refractivity contribution in [1.82, 2.24) is 0 Å². The SMILES string of the molecule is N#Cc1cc(F)ccc1COc1ccc(OCC(N)=O)cc1. The summed E-state index contributed by atoms with van der Waals surface area (Å²) in [6.45, 7) is -0.0496. The van der Waals surface area contributed by atoms with Gasteiger partial charge in [-0.2, -0.15) is 5.26 Å². The van der Waals surface area contributed by atoms with Crippen molar-refractivity contribution in [3.63, 3.8) is 0 Å². The second kappa shape index (κ2) is 7.09. The summed E-state index contributed by atoms with van der Waals surface area (Å²) in [4.78, 5) is 10.6. The van der Waals surface area contributed by atoms with Gasteiger partial charge in [-0.15, -0.1) is 0 Å². The quantitative estimate of drug-likeness (QED) is 0.885. The summed E-state index contributed by atoms with van der Waals surface area (Å²) >= 11 is 0. The van der Waals surface area contributed by atoms with E-state index < -0.39 is 11.7 Å². The minimum atomic E-state index is -0.555. The molecule has 0 unspecified atom stereocenters. The van der Waals surface area contributed by atoms with Crippen molar-refractivity contribution >= 4 is 5.91 Å². The highest BCUT2D eigenvalue weighted by atomic mass is 19.1. The molecule has 0 spiro atoms. The number of nitrogens with zero attached hydrogens (tertiary/aromatic N) is 1. The number of carbonyl (C=O) groups excluding carboxylic acids is 1. The van der Waals surface area contributed by atoms with Gasteiger partial charge in [0.15, 0.2) is 6.61 Å². The Morgan fingerprint density at radius 3 is 2.36 bits per heavy atom. The lowest BCUT2D eigenvalue weighted by atomic mass is 10.1. The molecule has 0 aromatic heterocycles. The molecule has 0 saturated carbocycles. The predicted octanol–water partition coefficient (Wildman–Crippen LogP) is 2.14. The standard InChI is InChI=1S/C16H13FN2O3/c17-13-2-1-11(12(7-13)8-18)9-21-14-3-5-15(6-4-14)22-10-16(19)20/h1-7H,9-10H2,(H2,19,20). The third-order valence-electron chi connectivity index (χ3n) is 2.79. The topological polar surface area (TPSA) is 85.3 Å². The zero-order chi connectivity index (χ0) is 15.9. The Morgan fingerprint density at radius 2 is 1.77 bits per heavy atom. The molecule has 0 aliphatic rings. The summed E-state index contributed by atoms with van der Waals surface area (Å²) in [5.41, 5.74) is 5.81. The first-order valence-corrected chi connectivity index (χ1v) is 6.41. The number of hydrogen-bond acceptors (Lipinski definition) is 4. The van der Waals surface area contributed by atoms with Crippen LogP contribution in [0.2, 0.25) is 0 Å². The van der Waals surface area contributed by atoms with Crippen molar-refractivity contribution < 1.29 is 18.7 Å². The Labute approximate surface area is 126 Å². The molecule has 2 aromatic carbocycles. The minimum absolute atomic E-state index is 0.144. The van der Waals surface area contributed by atoms with E-state index in [1.165, 1.54) is 18.2 Å². The summed E-state index contributed by atoms with van der Waals surface area (Å²) in [5, 5.41) is 8.95. The Bertz CT molecular complexity index is 708. The highest BCUT2D eigenvalue weighted by molar-refractivity contribution is 5.75. The van der Waals surface area contributed by atoms with Crippen LogP contribution in [0.5, 0.6) is 11.5 Å². The summed E-state index contributed by atoms with van der Waals surface area (Å²) in [7, 11) is 0. The van der Waals surface area contributed by atoms with Crippen LogP contribution in [0.25, 0.3) is 0 Å². The average Bonchev–Trinajstić information content (AvgIpc) is 2.52. The number of rotatable bonds is 6. The molecule has 2 N–H and O–H groups in total. The lowest BCUT2D eigenvalue weighted by Gasteiger charge is -2.09. The fourth-order valence-electron chi connectivity index (χ4n) is 1.73. The summed E-state index contributed by atoms with van der Waals surface area (Å²) in [6.07, 6.45) is 0. The summed E-state index contributed by atoms with van der Waals surface area (Å²) < 4.78 is 23.7. The van der Waals surface area contributed by atoms with Gasteiger partial charge in [0, 0.05) is 5.56 Å². The normalized spacial score (nSPS) is 9.82. The van der Waals surface area contributed by atoms with Crippen LogP contribution in [0.15, 0.2) is 42.5 Å². The van der Waals surface area contributed by atoms with Gasteiger partial charge in [0.2, 0.25) is 0 Å². The van der Waals surface area contributed by atoms with E-state index in [4.69, 9.17) is 20.5 Å². The number of carbonyl (C=O) groups is 1. The number of nitriles is 1.